The maximum atomic E-state index is 12.6. The molecule has 1 aliphatic carbocycles. The van der Waals surface area contributed by atoms with Gasteiger partial charge in [0.25, 0.3) is 5.91 Å². The lowest BCUT2D eigenvalue weighted by Crippen LogP contribution is -2.50. The van der Waals surface area contributed by atoms with Gasteiger partial charge in [-0.05, 0) is 25.0 Å². The summed E-state index contributed by atoms with van der Waals surface area (Å²) in [5, 5.41) is 2.83. The van der Waals surface area contributed by atoms with Crippen LogP contribution >= 0.6 is 0 Å². The summed E-state index contributed by atoms with van der Waals surface area (Å²) in [6.45, 7) is 4.04. The summed E-state index contributed by atoms with van der Waals surface area (Å²) >= 11 is 0. The first-order chi connectivity index (χ1) is 13.5. The highest BCUT2D eigenvalue weighted by Crippen LogP contribution is 2.39. The van der Waals surface area contributed by atoms with Crippen LogP contribution in [0.5, 0.6) is 0 Å². The molecule has 0 spiro atoms. The summed E-state index contributed by atoms with van der Waals surface area (Å²) in [4.78, 5) is 44.4. The monoisotopic (exact) mass is 383 g/mol. The van der Waals surface area contributed by atoms with Crippen LogP contribution in [0.3, 0.4) is 0 Å². The molecule has 3 heterocycles. The molecule has 0 atom stereocenters. The minimum Gasteiger partial charge on any atom is -0.350 e. The van der Waals surface area contributed by atoms with Gasteiger partial charge in [0.1, 0.15) is 5.82 Å². The fourth-order valence-corrected chi connectivity index (χ4v) is 3.65. The summed E-state index contributed by atoms with van der Waals surface area (Å²) in [5.74, 6) is 1.17. The third kappa shape index (κ3) is 3.72. The number of aromatic nitrogens is 2. The number of hydrogen-bond donors (Lipinski definition) is 1. The standard InChI is InChI=1S/C20H25N5O3/c1-14(26)23-10-12-24(13-11-23)17(27)7-8-21-20(28)18-16-4-2-3-9-25(16)19(22-18)15-5-6-15/h2-4,9,15H,5-8,10-13H2,1H3,(H,21,28). The SMILES string of the molecule is CC(=O)N1CCN(C(=O)CCNC(=O)c2nc(C3CC3)n3ccccc23)CC1. The van der Waals surface area contributed by atoms with Crippen LogP contribution in [0.15, 0.2) is 24.4 Å². The van der Waals surface area contributed by atoms with Gasteiger partial charge < -0.3 is 19.5 Å². The molecule has 1 N–H and O–H groups in total. The number of amides is 3. The molecule has 3 amide bonds. The Bertz CT molecular complexity index is 910. The van der Waals surface area contributed by atoms with Gasteiger partial charge in [-0.25, -0.2) is 4.98 Å². The van der Waals surface area contributed by atoms with Crippen LogP contribution in [0, 0.1) is 0 Å². The molecule has 28 heavy (non-hydrogen) atoms. The second-order valence-corrected chi connectivity index (χ2v) is 7.44. The largest absolute Gasteiger partial charge is 0.350 e. The Kier molecular flexibility index (Phi) is 5.02. The Hall–Kier alpha value is -2.90. The Labute approximate surface area is 163 Å². The van der Waals surface area contributed by atoms with Crippen LogP contribution in [0.4, 0.5) is 0 Å². The zero-order valence-electron chi connectivity index (χ0n) is 16.1. The van der Waals surface area contributed by atoms with Crippen LogP contribution in [0.25, 0.3) is 5.52 Å². The Balaban J connectivity index is 1.32. The predicted molar refractivity (Wildman–Crippen MR) is 103 cm³/mol. The molecular formula is C20H25N5O3. The zero-order chi connectivity index (χ0) is 19.7. The van der Waals surface area contributed by atoms with Gasteiger partial charge in [-0.15, -0.1) is 0 Å². The van der Waals surface area contributed by atoms with Crippen molar-refractivity contribution in [2.24, 2.45) is 0 Å². The van der Waals surface area contributed by atoms with E-state index in [0.717, 1.165) is 24.2 Å². The number of carbonyl (C=O) groups excluding carboxylic acids is 3. The molecule has 1 saturated heterocycles. The van der Waals surface area contributed by atoms with Crippen LogP contribution in [0.2, 0.25) is 0 Å². The first-order valence-corrected chi connectivity index (χ1v) is 9.83. The molecule has 0 bridgehead atoms. The summed E-state index contributed by atoms with van der Waals surface area (Å²) in [6.07, 6.45) is 4.41. The van der Waals surface area contributed by atoms with E-state index in [1.807, 2.05) is 28.8 Å². The third-order valence-electron chi connectivity index (χ3n) is 5.44. The molecule has 2 fully saturated rings. The molecule has 8 heteroatoms. The van der Waals surface area contributed by atoms with Crippen molar-refractivity contribution in [3.63, 3.8) is 0 Å². The number of nitrogens with one attached hydrogen (secondary N) is 1. The molecule has 0 radical (unpaired) electrons. The third-order valence-corrected chi connectivity index (χ3v) is 5.44. The van der Waals surface area contributed by atoms with E-state index in [4.69, 9.17) is 0 Å². The molecule has 2 aliphatic rings. The van der Waals surface area contributed by atoms with E-state index in [2.05, 4.69) is 10.3 Å². The Morgan fingerprint density at radius 3 is 2.50 bits per heavy atom. The van der Waals surface area contributed by atoms with Crippen molar-refractivity contribution in [3.05, 3.63) is 35.9 Å². The van der Waals surface area contributed by atoms with Gasteiger partial charge in [0, 0.05) is 58.2 Å². The summed E-state index contributed by atoms with van der Waals surface area (Å²) < 4.78 is 1.99. The molecule has 1 saturated carbocycles. The molecule has 0 aromatic carbocycles. The Morgan fingerprint density at radius 1 is 1.11 bits per heavy atom. The normalized spacial score (nSPS) is 17.0. The van der Waals surface area contributed by atoms with Crippen molar-refractivity contribution >= 4 is 23.2 Å². The highest BCUT2D eigenvalue weighted by Gasteiger charge is 2.30. The maximum Gasteiger partial charge on any atom is 0.272 e. The van der Waals surface area contributed by atoms with E-state index in [0.29, 0.717) is 37.8 Å². The van der Waals surface area contributed by atoms with E-state index in [9.17, 15) is 14.4 Å². The molecule has 4 rings (SSSR count). The number of fused-ring (bicyclic) bond motifs is 1. The summed E-state index contributed by atoms with van der Waals surface area (Å²) in [5.41, 5.74) is 1.22. The van der Waals surface area contributed by atoms with Gasteiger partial charge in [-0.2, -0.15) is 0 Å². The van der Waals surface area contributed by atoms with Crippen LogP contribution in [0.1, 0.15) is 48.4 Å². The Morgan fingerprint density at radius 2 is 1.82 bits per heavy atom. The molecule has 8 nitrogen and oxygen atoms in total. The van der Waals surface area contributed by atoms with Crippen LogP contribution in [-0.2, 0) is 9.59 Å². The molecule has 0 unspecified atom stereocenters. The second kappa shape index (κ2) is 7.61. The van der Waals surface area contributed by atoms with Gasteiger partial charge >= 0.3 is 0 Å². The number of rotatable bonds is 5. The average molecular weight is 383 g/mol. The molecule has 2 aromatic heterocycles. The molecule has 148 valence electrons. The zero-order valence-corrected chi connectivity index (χ0v) is 16.1. The van der Waals surface area contributed by atoms with Gasteiger partial charge in [-0.1, -0.05) is 6.07 Å². The molecule has 2 aromatic rings. The van der Waals surface area contributed by atoms with E-state index in [1.54, 1.807) is 16.7 Å². The maximum absolute atomic E-state index is 12.6. The first-order valence-electron chi connectivity index (χ1n) is 9.83. The molecule has 1 aliphatic heterocycles. The first kappa shape index (κ1) is 18.5. The number of carbonyl (C=O) groups is 3. The minimum atomic E-state index is -0.246. The quantitative estimate of drug-likeness (QED) is 0.835. The topological polar surface area (TPSA) is 87.0 Å². The van der Waals surface area contributed by atoms with Crippen molar-refractivity contribution in [1.29, 1.82) is 0 Å². The lowest BCUT2D eigenvalue weighted by atomic mass is 10.2. The smallest absolute Gasteiger partial charge is 0.272 e. The van der Waals surface area contributed by atoms with Crippen molar-refractivity contribution in [2.45, 2.75) is 32.1 Å². The number of nitrogens with zero attached hydrogens (tertiary/aromatic N) is 4. The number of imidazole rings is 1. The summed E-state index contributed by atoms with van der Waals surface area (Å²) in [6, 6.07) is 5.73. The number of hydrogen-bond acceptors (Lipinski definition) is 4. The van der Waals surface area contributed by atoms with Gasteiger partial charge in [0.2, 0.25) is 11.8 Å². The highest BCUT2D eigenvalue weighted by atomic mass is 16.2. The van der Waals surface area contributed by atoms with Crippen molar-refractivity contribution < 1.29 is 14.4 Å². The lowest BCUT2D eigenvalue weighted by Gasteiger charge is -2.34. The van der Waals surface area contributed by atoms with Crippen molar-refractivity contribution in [3.8, 4) is 0 Å². The predicted octanol–water partition coefficient (Wildman–Crippen LogP) is 1.02. The number of piperazine rings is 1. The molecular weight excluding hydrogens is 358 g/mol. The second-order valence-electron chi connectivity index (χ2n) is 7.44. The van der Waals surface area contributed by atoms with Crippen molar-refractivity contribution in [2.75, 3.05) is 32.7 Å². The van der Waals surface area contributed by atoms with Crippen molar-refractivity contribution in [1.82, 2.24) is 24.5 Å². The van der Waals surface area contributed by atoms with Gasteiger partial charge in [0.05, 0.1) is 5.52 Å². The van der Waals surface area contributed by atoms with Gasteiger partial charge in [-0.3, -0.25) is 14.4 Å². The lowest BCUT2D eigenvalue weighted by molar-refractivity contribution is -0.138. The van der Waals surface area contributed by atoms with Crippen LogP contribution in [-0.4, -0.2) is 69.6 Å². The van der Waals surface area contributed by atoms with E-state index in [-0.39, 0.29) is 30.7 Å². The fourth-order valence-electron chi connectivity index (χ4n) is 3.65. The highest BCUT2D eigenvalue weighted by molar-refractivity contribution is 5.99. The van der Waals surface area contributed by atoms with E-state index < -0.39 is 0 Å². The van der Waals surface area contributed by atoms with Gasteiger partial charge in [0.15, 0.2) is 5.69 Å². The number of pyridine rings is 1. The van der Waals surface area contributed by atoms with E-state index in [1.165, 1.54) is 0 Å². The minimum absolute atomic E-state index is 0.00290. The fraction of sp³-hybridized carbons (Fsp3) is 0.500. The van der Waals surface area contributed by atoms with E-state index >= 15 is 0 Å². The summed E-state index contributed by atoms with van der Waals surface area (Å²) in [7, 11) is 0. The van der Waals surface area contributed by atoms with Crippen LogP contribution < -0.4 is 5.32 Å². The average Bonchev–Trinajstić information content (AvgIpc) is 3.48.